The lowest BCUT2D eigenvalue weighted by Gasteiger charge is -2.10. The van der Waals surface area contributed by atoms with Crippen LogP contribution in [-0.2, 0) is 4.79 Å². The Morgan fingerprint density at radius 2 is 1.76 bits per heavy atom. The second-order valence-electron chi connectivity index (χ2n) is 5.10. The summed E-state index contributed by atoms with van der Waals surface area (Å²) >= 11 is 6.37. The molecule has 0 aromatic heterocycles. The first kappa shape index (κ1) is 17.8. The highest BCUT2D eigenvalue weighted by atomic mass is 79.9. The number of hydrogen-bond acceptors (Lipinski definition) is 3. The molecule has 3 rings (SSSR count). The van der Waals surface area contributed by atoms with Crippen LogP contribution in [0.2, 0.25) is 0 Å². The lowest BCUT2D eigenvalue weighted by molar-refractivity contribution is -0.274. The maximum Gasteiger partial charge on any atom is 0.573 e. The zero-order valence-electron chi connectivity index (χ0n) is 12.1. The van der Waals surface area contributed by atoms with Crippen LogP contribution in [0.4, 0.5) is 18.9 Å². The number of hydrogen-bond donors (Lipinski definition) is 2. The molecule has 2 N–H and O–H groups in total. The number of benzene rings is 2. The number of phenols is 1. The van der Waals surface area contributed by atoms with E-state index in [0.29, 0.717) is 25.8 Å². The fourth-order valence-electron chi connectivity index (χ4n) is 2.34. The second kappa shape index (κ2) is 6.38. The van der Waals surface area contributed by atoms with Crippen molar-refractivity contribution in [2.24, 2.45) is 0 Å². The van der Waals surface area contributed by atoms with Crippen molar-refractivity contribution in [3.63, 3.8) is 0 Å². The van der Waals surface area contributed by atoms with Gasteiger partial charge in [0.2, 0.25) is 0 Å². The van der Waals surface area contributed by atoms with Gasteiger partial charge in [0.1, 0.15) is 11.5 Å². The number of carbonyl (C=O) groups is 1. The zero-order valence-corrected chi connectivity index (χ0v) is 15.3. The molecule has 25 heavy (non-hydrogen) atoms. The van der Waals surface area contributed by atoms with Gasteiger partial charge < -0.3 is 15.2 Å². The minimum absolute atomic E-state index is 0.000660. The third-order valence-corrected chi connectivity index (χ3v) is 4.57. The van der Waals surface area contributed by atoms with Gasteiger partial charge in [0.25, 0.3) is 5.91 Å². The Balaban J connectivity index is 2.05. The summed E-state index contributed by atoms with van der Waals surface area (Å²) in [5.41, 5.74) is 1.44. The predicted molar refractivity (Wildman–Crippen MR) is 93.1 cm³/mol. The fourth-order valence-corrected chi connectivity index (χ4v) is 3.56. The van der Waals surface area contributed by atoms with E-state index < -0.39 is 18.0 Å². The molecule has 0 bridgehead atoms. The Morgan fingerprint density at radius 1 is 1.12 bits per heavy atom. The summed E-state index contributed by atoms with van der Waals surface area (Å²) in [6.07, 6.45) is -3.31. The topological polar surface area (TPSA) is 58.6 Å². The number of amides is 1. The standard InChI is InChI=1S/C16H8Br2F3NO3/c17-11-4-7(5-12(18)14(11)23)3-10-9-6-8(25-16(19,20)21)1-2-13(9)22-15(10)24/h1-6,23H,(H,22,24)/b10-3-. The molecule has 130 valence electrons. The van der Waals surface area contributed by atoms with Crippen molar-refractivity contribution in [1.82, 2.24) is 0 Å². The number of alkyl halides is 3. The van der Waals surface area contributed by atoms with Crippen LogP contribution in [0.1, 0.15) is 11.1 Å². The highest BCUT2D eigenvalue weighted by molar-refractivity contribution is 9.11. The van der Waals surface area contributed by atoms with E-state index in [1.165, 1.54) is 12.1 Å². The quantitative estimate of drug-likeness (QED) is 0.575. The molecule has 1 amide bonds. The molecule has 0 radical (unpaired) electrons. The van der Waals surface area contributed by atoms with Crippen LogP contribution < -0.4 is 10.1 Å². The van der Waals surface area contributed by atoms with Crippen LogP contribution in [0.15, 0.2) is 39.3 Å². The van der Waals surface area contributed by atoms with Gasteiger partial charge in [0.05, 0.1) is 8.95 Å². The lowest BCUT2D eigenvalue weighted by atomic mass is 10.0. The highest BCUT2D eigenvalue weighted by Gasteiger charge is 2.32. The average Bonchev–Trinajstić information content (AvgIpc) is 2.79. The highest BCUT2D eigenvalue weighted by Crippen LogP contribution is 2.39. The van der Waals surface area contributed by atoms with E-state index in [2.05, 4.69) is 41.9 Å². The van der Waals surface area contributed by atoms with E-state index >= 15 is 0 Å². The third-order valence-electron chi connectivity index (χ3n) is 3.36. The van der Waals surface area contributed by atoms with Crippen LogP contribution in [0, 0.1) is 0 Å². The van der Waals surface area contributed by atoms with Crippen LogP contribution >= 0.6 is 31.9 Å². The molecule has 2 aromatic carbocycles. The molecule has 0 saturated heterocycles. The van der Waals surface area contributed by atoms with Crippen molar-refractivity contribution in [3.05, 3.63) is 50.4 Å². The lowest BCUT2D eigenvalue weighted by Crippen LogP contribution is -2.17. The van der Waals surface area contributed by atoms with E-state index in [1.54, 1.807) is 12.1 Å². The Labute approximate surface area is 156 Å². The normalized spacial score (nSPS) is 15.2. The molecule has 2 aromatic rings. The van der Waals surface area contributed by atoms with Crippen molar-refractivity contribution in [2.75, 3.05) is 5.32 Å². The van der Waals surface area contributed by atoms with Gasteiger partial charge in [-0.2, -0.15) is 0 Å². The number of phenolic OH excluding ortho intramolecular Hbond substituents is 1. The van der Waals surface area contributed by atoms with E-state index in [4.69, 9.17) is 0 Å². The summed E-state index contributed by atoms with van der Waals surface area (Å²) in [4.78, 5) is 12.2. The van der Waals surface area contributed by atoms with E-state index in [9.17, 15) is 23.1 Å². The molecule has 1 heterocycles. The molecule has 0 atom stereocenters. The Kier molecular flexibility index (Phi) is 4.54. The number of rotatable bonds is 2. The average molecular weight is 479 g/mol. The molecule has 0 saturated carbocycles. The summed E-state index contributed by atoms with van der Waals surface area (Å²) in [6.45, 7) is 0. The molecule has 4 nitrogen and oxygen atoms in total. The van der Waals surface area contributed by atoms with Crippen LogP contribution in [0.3, 0.4) is 0 Å². The van der Waals surface area contributed by atoms with Gasteiger partial charge in [0, 0.05) is 16.8 Å². The van der Waals surface area contributed by atoms with Gasteiger partial charge in [-0.1, -0.05) is 0 Å². The summed E-state index contributed by atoms with van der Waals surface area (Å²) in [7, 11) is 0. The van der Waals surface area contributed by atoms with Gasteiger partial charge in [-0.3, -0.25) is 4.79 Å². The number of fused-ring (bicyclic) bond motifs is 1. The SMILES string of the molecule is O=C1Nc2ccc(OC(F)(F)F)cc2/C1=C/c1cc(Br)c(O)c(Br)c1. The van der Waals surface area contributed by atoms with Crippen LogP contribution in [0.25, 0.3) is 11.6 Å². The molecule has 0 aliphatic carbocycles. The molecular formula is C16H8Br2F3NO3. The van der Waals surface area contributed by atoms with Gasteiger partial charge in [-0.05, 0) is 73.8 Å². The van der Waals surface area contributed by atoms with Crippen LogP contribution in [0.5, 0.6) is 11.5 Å². The number of nitrogens with one attached hydrogen (secondary N) is 1. The smallest absolute Gasteiger partial charge is 0.506 e. The predicted octanol–water partition coefficient (Wildman–Crippen LogP) is 5.31. The molecular weight excluding hydrogens is 471 g/mol. The van der Waals surface area contributed by atoms with Gasteiger partial charge in [-0.15, -0.1) is 13.2 Å². The van der Waals surface area contributed by atoms with Gasteiger partial charge in [0.15, 0.2) is 0 Å². The van der Waals surface area contributed by atoms with E-state index in [-0.39, 0.29) is 11.3 Å². The van der Waals surface area contributed by atoms with Crippen molar-refractivity contribution in [1.29, 1.82) is 0 Å². The molecule has 0 spiro atoms. The molecule has 0 unspecified atom stereocenters. The first-order chi connectivity index (χ1) is 11.6. The monoisotopic (exact) mass is 477 g/mol. The van der Waals surface area contributed by atoms with Crippen molar-refractivity contribution in [3.8, 4) is 11.5 Å². The second-order valence-corrected chi connectivity index (χ2v) is 6.81. The zero-order chi connectivity index (χ0) is 18.4. The van der Waals surface area contributed by atoms with E-state index in [1.807, 2.05) is 0 Å². The first-order valence-electron chi connectivity index (χ1n) is 6.75. The molecule has 1 aliphatic heterocycles. The molecule has 1 aliphatic rings. The maximum atomic E-state index is 12.4. The Hall–Kier alpha value is -2.00. The number of aromatic hydroxyl groups is 1. The van der Waals surface area contributed by atoms with E-state index in [0.717, 1.165) is 12.1 Å². The maximum absolute atomic E-state index is 12.4. The summed E-state index contributed by atoms with van der Waals surface area (Å²) in [6, 6.07) is 6.78. The summed E-state index contributed by atoms with van der Waals surface area (Å²) < 4.78 is 41.9. The summed E-state index contributed by atoms with van der Waals surface area (Å²) in [5.74, 6) is -0.861. The minimum Gasteiger partial charge on any atom is -0.506 e. The summed E-state index contributed by atoms with van der Waals surface area (Å²) in [5, 5.41) is 12.3. The molecule has 9 heteroatoms. The number of anilines is 1. The Bertz CT molecular complexity index is 887. The number of carbonyl (C=O) groups excluding carboxylic acids is 1. The Morgan fingerprint density at radius 3 is 2.36 bits per heavy atom. The largest absolute Gasteiger partial charge is 0.573 e. The van der Waals surface area contributed by atoms with Gasteiger partial charge >= 0.3 is 6.36 Å². The molecule has 0 fully saturated rings. The van der Waals surface area contributed by atoms with Crippen molar-refractivity contribution in [2.45, 2.75) is 6.36 Å². The van der Waals surface area contributed by atoms with Crippen molar-refractivity contribution < 1.29 is 27.8 Å². The number of ether oxygens (including phenoxy) is 1. The number of halogens is 5. The van der Waals surface area contributed by atoms with Gasteiger partial charge in [-0.25, -0.2) is 0 Å². The fraction of sp³-hybridized carbons (Fsp3) is 0.0625. The first-order valence-corrected chi connectivity index (χ1v) is 8.34. The third kappa shape index (κ3) is 3.82. The van der Waals surface area contributed by atoms with Crippen molar-refractivity contribution >= 4 is 55.1 Å². The minimum atomic E-state index is -4.82. The van der Waals surface area contributed by atoms with Crippen LogP contribution in [-0.4, -0.2) is 17.4 Å².